The van der Waals surface area contributed by atoms with E-state index in [0.29, 0.717) is 6.07 Å². The SMILES string of the molecule is [B]c1c(F)cc(F)cc1C(=O)CC. The molecule has 0 fully saturated rings. The Labute approximate surface area is 76.2 Å². The van der Waals surface area contributed by atoms with E-state index in [2.05, 4.69) is 0 Å². The highest BCUT2D eigenvalue weighted by Gasteiger charge is 2.11. The number of carbonyl (C=O) groups is 1. The second-order valence-corrected chi connectivity index (χ2v) is 2.63. The molecule has 13 heavy (non-hydrogen) atoms. The van der Waals surface area contributed by atoms with E-state index in [9.17, 15) is 13.6 Å². The van der Waals surface area contributed by atoms with Gasteiger partial charge in [0.25, 0.3) is 0 Å². The Morgan fingerprint density at radius 2 is 2.08 bits per heavy atom. The molecule has 1 aromatic rings. The highest BCUT2D eigenvalue weighted by Crippen LogP contribution is 2.06. The van der Waals surface area contributed by atoms with Crippen LogP contribution in [0, 0.1) is 11.6 Å². The first-order chi connectivity index (χ1) is 6.06. The molecule has 0 atom stereocenters. The number of rotatable bonds is 2. The van der Waals surface area contributed by atoms with Gasteiger partial charge >= 0.3 is 0 Å². The van der Waals surface area contributed by atoms with Gasteiger partial charge in [-0.3, -0.25) is 4.79 Å². The molecular formula is C9H7BF2O. The average molecular weight is 180 g/mol. The lowest BCUT2D eigenvalue weighted by Gasteiger charge is -2.04. The summed E-state index contributed by atoms with van der Waals surface area (Å²) in [6.45, 7) is 1.60. The van der Waals surface area contributed by atoms with Gasteiger partial charge in [-0.15, -0.1) is 0 Å². The van der Waals surface area contributed by atoms with Crippen LogP contribution >= 0.6 is 0 Å². The van der Waals surface area contributed by atoms with E-state index < -0.39 is 11.6 Å². The number of ketones is 1. The first kappa shape index (κ1) is 9.90. The van der Waals surface area contributed by atoms with Crippen LogP contribution in [0.15, 0.2) is 12.1 Å². The van der Waals surface area contributed by atoms with Crippen LogP contribution < -0.4 is 5.46 Å². The van der Waals surface area contributed by atoms with E-state index in [1.54, 1.807) is 6.92 Å². The Kier molecular flexibility index (Phi) is 2.81. The van der Waals surface area contributed by atoms with Crippen molar-refractivity contribution in [2.45, 2.75) is 13.3 Å². The lowest BCUT2D eigenvalue weighted by atomic mass is 9.87. The van der Waals surface area contributed by atoms with Crippen molar-refractivity contribution in [3.63, 3.8) is 0 Å². The second-order valence-electron chi connectivity index (χ2n) is 2.63. The number of hydrogen-bond acceptors (Lipinski definition) is 1. The molecule has 2 radical (unpaired) electrons. The van der Waals surface area contributed by atoms with Crippen LogP contribution in [0.4, 0.5) is 8.78 Å². The van der Waals surface area contributed by atoms with Gasteiger partial charge in [-0.05, 0) is 6.07 Å². The third-order valence-electron chi connectivity index (χ3n) is 1.72. The molecule has 0 heterocycles. The van der Waals surface area contributed by atoms with E-state index in [1.807, 2.05) is 0 Å². The summed E-state index contributed by atoms with van der Waals surface area (Å²) in [7, 11) is 5.27. The van der Waals surface area contributed by atoms with Gasteiger partial charge in [-0.25, -0.2) is 8.78 Å². The zero-order valence-electron chi connectivity index (χ0n) is 7.10. The maximum absolute atomic E-state index is 12.8. The van der Waals surface area contributed by atoms with Crippen LogP contribution in [0.25, 0.3) is 0 Å². The first-order valence-corrected chi connectivity index (χ1v) is 3.84. The first-order valence-electron chi connectivity index (χ1n) is 3.84. The molecule has 1 rings (SSSR count). The molecule has 1 aromatic carbocycles. The van der Waals surface area contributed by atoms with E-state index in [4.69, 9.17) is 7.85 Å². The molecule has 66 valence electrons. The van der Waals surface area contributed by atoms with E-state index in [-0.39, 0.29) is 23.2 Å². The second kappa shape index (κ2) is 3.68. The molecule has 0 N–H and O–H groups in total. The van der Waals surface area contributed by atoms with Gasteiger partial charge in [0.15, 0.2) is 5.78 Å². The molecule has 0 aliphatic heterocycles. The largest absolute Gasteiger partial charge is 0.294 e. The highest BCUT2D eigenvalue weighted by molar-refractivity contribution is 6.36. The number of carbonyl (C=O) groups excluding carboxylic acids is 1. The maximum atomic E-state index is 12.8. The van der Waals surface area contributed by atoms with E-state index >= 15 is 0 Å². The molecule has 0 aliphatic carbocycles. The van der Waals surface area contributed by atoms with Gasteiger partial charge < -0.3 is 0 Å². The molecule has 1 nitrogen and oxygen atoms in total. The van der Waals surface area contributed by atoms with Gasteiger partial charge in [-0.1, -0.05) is 12.4 Å². The Morgan fingerprint density at radius 1 is 1.46 bits per heavy atom. The summed E-state index contributed by atoms with van der Waals surface area (Å²) in [4.78, 5) is 11.1. The van der Waals surface area contributed by atoms with Crippen LogP contribution in [0.2, 0.25) is 0 Å². The van der Waals surface area contributed by atoms with Crippen molar-refractivity contribution in [1.29, 1.82) is 0 Å². The van der Waals surface area contributed by atoms with Crippen molar-refractivity contribution < 1.29 is 13.6 Å². The molecule has 0 spiro atoms. The van der Waals surface area contributed by atoms with Gasteiger partial charge in [0.2, 0.25) is 0 Å². The highest BCUT2D eigenvalue weighted by atomic mass is 19.1. The number of Topliss-reactive ketones (excluding diaryl/α,β-unsaturated/α-hetero) is 1. The minimum atomic E-state index is -0.892. The smallest absolute Gasteiger partial charge is 0.162 e. The minimum absolute atomic E-state index is 0.0833. The van der Waals surface area contributed by atoms with Crippen LogP contribution in [-0.2, 0) is 0 Å². The average Bonchev–Trinajstić information content (AvgIpc) is 2.10. The molecule has 0 saturated heterocycles. The molecular weight excluding hydrogens is 173 g/mol. The van der Waals surface area contributed by atoms with Gasteiger partial charge in [0, 0.05) is 18.1 Å². The molecule has 0 aliphatic rings. The van der Waals surface area contributed by atoms with E-state index in [0.717, 1.165) is 6.07 Å². The van der Waals surface area contributed by atoms with Crippen molar-refractivity contribution in [3.05, 3.63) is 29.3 Å². The molecule has 0 amide bonds. The van der Waals surface area contributed by atoms with Gasteiger partial charge in [-0.2, -0.15) is 0 Å². The fourth-order valence-corrected chi connectivity index (χ4v) is 1.01. The predicted octanol–water partition coefficient (Wildman–Crippen LogP) is 1.35. The van der Waals surface area contributed by atoms with Gasteiger partial charge in [0.05, 0.1) is 0 Å². The normalized spacial score (nSPS) is 10.1. The molecule has 0 bridgehead atoms. The van der Waals surface area contributed by atoms with Gasteiger partial charge in [0.1, 0.15) is 19.5 Å². The maximum Gasteiger partial charge on any atom is 0.162 e. The van der Waals surface area contributed by atoms with Crippen LogP contribution in [0.3, 0.4) is 0 Å². The quantitative estimate of drug-likeness (QED) is 0.495. The lowest BCUT2D eigenvalue weighted by molar-refractivity contribution is 0.0988. The predicted molar refractivity (Wildman–Crippen MR) is 46.4 cm³/mol. The number of hydrogen-bond donors (Lipinski definition) is 0. The topological polar surface area (TPSA) is 17.1 Å². The molecule has 0 aromatic heterocycles. The Morgan fingerprint density at radius 3 is 2.62 bits per heavy atom. The summed E-state index contributed by atoms with van der Waals surface area (Å²) in [6.07, 6.45) is 0.174. The fraction of sp³-hybridized carbons (Fsp3) is 0.222. The fourth-order valence-electron chi connectivity index (χ4n) is 1.01. The zero-order chi connectivity index (χ0) is 10.0. The number of halogens is 2. The Hall–Kier alpha value is -1.19. The summed E-state index contributed by atoms with van der Waals surface area (Å²) in [6, 6.07) is 1.60. The molecule has 0 unspecified atom stereocenters. The van der Waals surface area contributed by atoms with Crippen molar-refractivity contribution in [2.75, 3.05) is 0 Å². The third kappa shape index (κ3) is 1.94. The summed E-state index contributed by atoms with van der Waals surface area (Å²) >= 11 is 0. The zero-order valence-corrected chi connectivity index (χ0v) is 7.10. The molecule has 4 heteroatoms. The van der Waals surface area contributed by atoms with Crippen molar-refractivity contribution in [1.82, 2.24) is 0 Å². The summed E-state index contributed by atoms with van der Waals surface area (Å²) < 4.78 is 25.5. The van der Waals surface area contributed by atoms with Crippen molar-refractivity contribution >= 4 is 19.1 Å². The summed E-state index contributed by atoms with van der Waals surface area (Å²) in [5.41, 5.74) is -0.367. The van der Waals surface area contributed by atoms with Crippen LogP contribution in [-0.4, -0.2) is 13.6 Å². The van der Waals surface area contributed by atoms with Crippen LogP contribution in [0.1, 0.15) is 23.7 Å². The minimum Gasteiger partial charge on any atom is -0.294 e. The summed E-state index contributed by atoms with van der Waals surface area (Å²) in [5.74, 6) is -2.05. The van der Waals surface area contributed by atoms with Crippen molar-refractivity contribution in [2.24, 2.45) is 0 Å². The number of benzene rings is 1. The van der Waals surface area contributed by atoms with Crippen LogP contribution in [0.5, 0.6) is 0 Å². The Balaban J connectivity index is 3.28. The summed E-state index contributed by atoms with van der Waals surface area (Å²) in [5, 5.41) is 0. The third-order valence-corrected chi connectivity index (χ3v) is 1.72. The standard InChI is InChI=1S/C9H7BF2O/c1-2-8(13)6-3-5(11)4-7(12)9(6)10/h3-4H,2H2,1H3. The van der Waals surface area contributed by atoms with Crippen molar-refractivity contribution in [3.8, 4) is 0 Å². The van der Waals surface area contributed by atoms with E-state index in [1.165, 1.54) is 0 Å². The monoisotopic (exact) mass is 180 g/mol. The Bertz CT molecular complexity index is 350. The molecule has 0 saturated carbocycles. The lowest BCUT2D eigenvalue weighted by Crippen LogP contribution is -2.19.